The lowest BCUT2D eigenvalue weighted by Gasteiger charge is -2.43. The third kappa shape index (κ3) is 3.67. The Balaban J connectivity index is 2.40. The van der Waals surface area contributed by atoms with Crippen LogP contribution in [-0.2, 0) is 14.3 Å². The lowest BCUT2D eigenvalue weighted by atomic mass is 9.88. The van der Waals surface area contributed by atoms with Crippen molar-refractivity contribution in [3.8, 4) is 5.75 Å². The number of ether oxygens (including phenoxy) is 3. The van der Waals surface area contributed by atoms with Crippen LogP contribution in [0, 0.1) is 0 Å². The first-order valence-electron chi connectivity index (χ1n) is 7.67. The van der Waals surface area contributed by atoms with Crippen molar-refractivity contribution in [1.29, 1.82) is 0 Å². The summed E-state index contributed by atoms with van der Waals surface area (Å²) in [5.74, 6) is 0.359. The molecule has 0 radical (unpaired) electrons. The summed E-state index contributed by atoms with van der Waals surface area (Å²) in [6, 6.07) is 5.81. The molecule has 0 fully saturated rings. The number of anilines is 1. The van der Waals surface area contributed by atoms with Crippen molar-refractivity contribution in [3.05, 3.63) is 35.4 Å². The molecule has 0 spiro atoms. The summed E-state index contributed by atoms with van der Waals surface area (Å²) in [6.45, 7) is 7.50. The third-order valence-electron chi connectivity index (χ3n) is 3.84. The standard InChI is InChI=1S/C18H25NO4/c1-11(2)9-15(20)22-17-16(21-6)13-10-12(19-5)7-8-14(13)23-18(17,3)4/h7-10,16-17,19H,1-6H3. The zero-order valence-corrected chi connectivity index (χ0v) is 14.6. The number of carbonyl (C=O) groups excluding carboxylic acids is 1. The Morgan fingerprint density at radius 3 is 2.61 bits per heavy atom. The van der Waals surface area contributed by atoms with E-state index in [1.165, 1.54) is 6.08 Å². The zero-order chi connectivity index (χ0) is 17.2. The molecule has 0 aliphatic carbocycles. The second-order valence-corrected chi connectivity index (χ2v) is 6.44. The minimum absolute atomic E-state index is 0.387. The average molecular weight is 319 g/mol. The number of rotatable bonds is 4. The highest BCUT2D eigenvalue weighted by Gasteiger charge is 2.46. The lowest BCUT2D eigenvalue weighted by Crippen LogP contribution is -2.51. The summed E-state index contributed by atoms with van der Waals surface area (Å²) in [7, 11) is 3.47. The molecule has 1 aliphatic heterocycles. The molecule has 5 nitrogen and oxygen atoms in total. The van der Waals surface area contributed by atoms with Crippen LogP contribution in [0.15, 0.2) is 29.8 Å². The van der Waals surface area contributed by atoms with E-state index in [-0.39, 0.29) is 5.97 Å². The van der Waals surface area contributed by atoms with Crippen LogP contribution in [-0.4, -0.2) is 31.8 Å². The quantitative estimate of drug-likeness (QED) is 0.680. The van der Waals surface area contributed by atoms with Crippen molar-refractivity contribution < 1.29 is 19.0 Å². The minimum atomic E-state index is -0.694. The average Bonchev–Trinajstić information content (AvgIpc) is 2.46. The first-order chi connectivity index (χ1) is 10.8. The smallest absolute Gasteiger partial charge is 0.331 e. The van der Waals surface area contributed by atoms with Gasteiger partial charge in [-0.1, -0.05) is 5.57 Å². The van der Waals surface area contributed by atoms with Gasteiger partial charge in [0.1, 0.15) is 17.5 Å². The van der Waals surface area contributed by atoms with Gasteiger partial charge in [-0.15, -0.1) is 0 Å². The molecule has 2 atom stereocenters. The van der Waals surface area contributed by atoms with Crippen LogP contribution in [0.4, 0.5) is 5.69 Å². The van der Waals surface area contributed by atoms with Crippen LogP contribution in [0.5, 0.6) is 5.75 Å². The fraction of sp³-hybridized carbons (Fsp3) is 0.500. The number of allylic oxidation sites excluding steroid dienone is 1. The SMILES string of the molecule is CNc1ccc2c(c1)C(OC)C(OC(=O)C=C(C)C)C(C)(C)O2. The van der Waals surface area contributed by atoms with E-state index in [1.54, 1.807) is 7.11 Å². The van der Waals surface area contributed by atoms with Gasteiger partial charge in [0.25, 0.3) is 0 Å². The predicted octanol–water partition coefficient (Wildman–Crippen LogP) is 3.46. The number of benzene rings is 1. The first-order valence-corrected chi connectivity index (χ1v) is 7.67. The van der Waals surface area contributed by atoms with Gasteiger partial charge in [0.05, 0.1) is 0 Å². The summed E-state index contributed by atoms with van der Waals surface area (Å²) in [5, 5.41) is 3.10. The number of esters is 1. The predicted molar refractivity (Wildman–Crippen MR) is 89.8 cm³/mol. The molecule has 0 saturated carbocycles. The molecule has 0 saturated heterocycles. The van der Waals surface area contributed by atoms with Crippen LogP contribution in [0.25, 0.3) is 0 Å². The molecule has 126 valence electrons. The molecule has 1 aromatic rings. The molecule has 23 heavy (non-hydrogen) atoms. The molecule has 1 N–H and O–H groups in total. The van der Waals surface area contributed by atoms with Gasteiger partial charge in [-0.25, -0.2) is 4.79 Å². The Kier molecular flexibility index (Phi) is 5.00. The van der Waals surface area contributed by atoms with Gasteiger partial charge in [0.15, 0.2) is 6.10 Å². The Morgan fingerprint density at radius 2 is 2.04 bits per heavy atom. The highest BCUT2D eigenvalue weighted by Crippen LogP contribution is 2.44. The molecular formula is C18H25NO4. The van der Waals surface area contributed by atoms with Crippen LogP contribution in [0.1, 0.15) is 39.4 Å². The second kappa shape index (κ2) is 6.62. The van der Waals surface area contributed by atoms with Gasteiger partial charge in [-0.2, -0.15) is 0 Å². The van der Waals surface area contributed by atoms with Gasteiger partial charge in [0.2, 0.25) is 0 Å². The summed E-state index contributed by atoms with van der Waals surface area (Å²) >= 11 is 0. The molecule has 1 aliphatic rings. The molecule has 1 heterocycles. The largest absolute Gasteiger partial charge is 0.483 e. The number of nitrogens with one attached hydrogen (secondary N) is 1. The minimum Gasteiger partial charge on any atom is -0.483 e. The maximum atomic E-state index is 12.1. The Morgan fingerprint density at radius 1 is 1.35 bits per heavy atom. The fourth-order valence-electron chi connectivity index (χ4n) is 2.74. The number of hydrogen-bond donors (Lipinski definition) is 1. The molecule has 2 rings (SSSR count). The van der Waals surface area contributed by atoms with E-state index in [0.717, 1.165) is 22.6 Å². The third-order valence-corrected chi connectivity index (χ3v) is 3.84. The maximum absolute atomic E-state index is 12.1. The Hall–Kier alpha value is -2.01. The number of carbonyl (C=O) groups is 1. The van der Waals surface area contributed by atoms with Gasteiger partial charge >= 0.3 is 5.97 Å². The van der Waals surface area contributed by atoms with Crippen molar-refractivity contribution in [3.63, 3.8) is 0 Å². The van der Waals surface area contributed by atoms with Gasteiger partial charge < -0.3 is 19.5 Å². The summed E-state index contributed by atoms with van der Waals surface area (Å²) in [6.07, 6.45) is 0.536. The van der Waals surface area contributed by atoms with Crippen LogP contribution in [0.2, 0.25) is 0 Å². The zero-order valence-electron chi connectivity index (χ0n) is 14.6. The summed E-state index contributed by atoms with van der Waals surface area (Å²) in [4.78, 5) is 12.1. The van der Waals surface area contributed by atoms with E-state index in [1.807, 2.05) is 52.9 Å². The first kappa shape index (κ1) is 17.3. The van der Waals surface area contributed by atoms with Crippen molar-refractivity contribution >= 4 is 11.7 Å². The maximum Gasteiger partial charge on any atom is 0.331 e. The van der Waals surface area contributed by atoms with Crippen LogP contribution >= 0.6 is 0 Å². The molecule has 1 aromatic carbocycles. The monoisotopic (exact) mass is 319 g/mol. The van der Waals surface area contributed by atoms with Gasteiger partial charge in [-0.05, 0) is 45.9 Å². The van der Waals surface area contributed by atoms with E-state index in [9.17, 15) is 4.79 Å². The van der Waals surface area contributed by atoms with E-state index in [2.05, 4.69) is 5.32 Å². The molecular weight excluding hydrogens is 294 g/mol. The molecule has 0 amide bonds. The van der Waals surface area contributed by atoms with Crippen molar-refractivity contribution in [2.75, 3.05) is 19.5 Å². The van der Waals surface area contributed by atoms with Crippen molar-refractivity contribution in [2.45, 2.75) is 45.5 Å². The number of methoxy groups -OCH3 is 1. The molecule has 2 unspecified atom stereocenters. The number of hydrogen-bond acceptors (Lipinski definition) is 5. The topological polar surface area (TPSA) is 56.8 Å². The van der Waals surface area contributed by atoms with E-state index >= 15 is 0 Å². The number of fused-ring (bicyclic) bond motifs is 1. The fourth-order valence-corrected chi connectivity index (χ4v) is 2.74. The normalized spacial score (nSPS) is 21.7. The molecule has 0 bridgehead atoms. The molecule has 0 aromatic heterocycles. The summed E-state index contributed by atoms with van der Waals surface area (Å²) < 4.78 is 17.4. The highest BCUT2D eigenvalue weighted by molar-refractivity contribution is 5.83. The Bertz CT molecular complexity index is 617. The van der Waals surface area contributed by atoms with Gasteiger partial charge in [0, 0.05) is 31.5 Å². The Labute approximate surface area is 137 Å². The molecule has 5 heteroatoms. The van der Waals surface area contributed by atoms with Gasteiger partial charge in [-0.3, -0.25) is 0 Å². The van der Waals surface area contributed by atoms with Crippen molar-refractivity contribution in [2.24, 2.45) is 0 Å². The van der Waals surface area contributed by atoms with E-state index in [0.29, 0.717) is 0 Å². The van der Waals surface area contributed by atoms with E-state index in [4.69, 9.17) is 14.2 Å². The summed E-state index contributed by atoms with van der Waals surface area (Å²) in [5.41, 5.74) is 2.01. The van der Waals surface area contributed by atoms with Crippen molar-refractivity contribution in [1.82, 2.24) is 0 Å². The highest BCUT2D eigenvalue weighted by atomic mass is 16.6. The van der Waals surface area contributed by atoms with Crippen LogP contribution in [0.3, 0.4) is 0 Å². The second-order valence-electron chi connectivity index (χ2n) is 6.44. The lowest BCUT2D eigenvalue weighted by molar-refractivity contribution is -0.175. The van der Waals surface area contributed by atoms with E-state index < -0.39 is 17.8 Å². The van der Waals surface area contributed by atoms with Crippen LogP contribution < -0.4 is 10.1 Å².